The first-order valence-corrected chi connectivity index (χ1v) is 8.40. The molecule has 7 heteroatoms. The molecule has 0 bridgehead atoms. The average molecular weight is 309 g/mol. The molecule has 21 heavy (non-hydrogen) atoms. The molecule has 1 aliphatic rings. The van der Waals surface area contributed by atoms with Crippen LogP contribution in [0.4, 0.5) is 5.82 Å². The van der Waals surface area contributed by atoms with Crippen molar-refractivity contribution in [3.8, 4) is 11.8 Å². The molecule has 1 aromatic heterocycles. The second kappa shape index (κ2) is 7.41. The summed E-state index contributed by atoms with van der Waals surface area (Å²) in [6.45, 7) is 0.824. The van der Waals surface area contributed by atoms with E-state index < -0.39 is 10.2 Å². The van der Waals surface area contributed by atoms with Gasteiger partial charge in [-0.25, -0.2) is 4.98 Å². The molecular weight excluding hydrogens is 290 g/mol. The Kier molecular flexibility index (Phi) is 5.56. The highest BCUT2D eigenvalue weighted by Crippen LogP contribution is 2.15. The number of nitrogens with zero attached hydrogens (tertiary/aromatic N) is 2. The second-order valence-corrected chi connectivity index (χ2v) is 6.46. The monoisotopic (exact) mass is 309 g/mol. The number of nitrogens with one attached hydrogen (secondary N) is 1. The summed E-state index contributed by atoms with van der Waals surface area (Å²) in [5.41, 5.74) is 0.417. The first-order chi connectivity index (χ1) is 10.1. The van der Waals surface area contributed by atoms with Gasteiger partial charge in [-0.3, -0.25) is 4.72 Å². The van der Waals surface area contributed by atoms with Crippen LogP contribution in [-0.2, 0) is 10.2 Å². The molecule has 6 nitrogen and oxygen atoms in total. The maximum absolute atomic E-state index is 12.3. The van der Waals surface area contributed by atoms with E-state index in [0.29, 0.717) is 18.8 Å². The molecule has 1 saturated heterocycles. The van der Waals surface area contributed by atoms with E-state index in [-0.39, 0.29) is 12.4 Å². The Morgan fingerprint density at radius 3 is 2.62 bits per heavy atom. The van der Waals surface area contributed by atoms with Gasteiger partial charge in [-0.05, 0) is 30.9 Å². The normalized spacial score (nSPS) is 16.6. The zero-order chi connectivity index (χ0) is 15.1. The zero-order valence-corrected chi connectivity index (χ0v) is 12.6. The maximum atomic E-state index is 12.3. The molecule has 2 N–H and O–H groups in total. The molecule has 1 fully saturated rings. The molecule has 0 spiro atoms. The number of anilines is 1. The zero-order valence-electron chi connectivity index (χ0n) is 11.7. The van der Waals surface area contributed by atoms with Crippen LogP contribution in [0.2, 0.25) is 0 Å². The van der Waals surface area contributed by atoms with Gasteiger partial charge in [0.2, 0.25) is 0 Å². The lowest BCUT2D eigenvalue weighted by molar-refractivity contribution is 0.350. The van der Waals surface area contributed by atoms with Crippen molar-refractivity contribution in [1.29, 1.82) is 0 Å². The largest absolute Gasteiger partial charge is 0.384 e. The minimum Gasteiger partial charge on any atom is -0.384 e. The van der Waals surface area contributed by atoms with E-state index in [1.165, 1.54) is 4.31 Å². The SMILES string of the molecule is O=S(=O)(Nc1cccc(C#CCO)n1)N1CCCCCC1. The summed E-state index contributed by atoms with van der Waals surface area (Å²) in [4.78, 5) is 4.11. The number of aromatic nitrogens is 1. The summed E-state index contributed by atoms with van der Waals surface area (Å²) in [6, 6.07) is 4.92. The van der Waals surface area contributed by atoms with Gasteiger partial charge in [0, 0.05) is 13.1 Å². The standard InChI is InChI=1S/C14H19N3O3S/c18-12-6-8-13-7-5-9-14(15-13)16-21(19,20)17-10-3-1-2-4-11-17/h5,7,9,18H,1-4,10-12H2,(H,15,16). The molecule has 0 atom stereocenters. The topological polar surface area (TPSA) is 82.5 Å². The Morgan fingerprint density at radius 2 is 1.95 bits per heavy atom. The van der Waals surface area contributed by atoms with E-state index in [9.17, 15) is 8.42 Å². The van der Waals surface area contributed by atoms with Crippen LogP contribution in [-0.4, -0.2) is 42.5 Å². The molecular formula is C14H19N3O3S. The molecule has 1 aliphatic heterocycles. The number of aliphatic hydroxyl groups excluding tert-OH is 1. The van der Waals surface area contributed by atoms with Crippen molar-refractivity contribution in [3.63, 3.8) is 0 Å². The summed E-state index contributed by atoms with van der Waals surface area (Å²) >= 11 is 0. The molecule has 0 saturated carbocycles. The van der Waals surface area contributed by atoms with E-state index in [2.05, 4.69) is 21.5 Å². The smallest absolute Gasteiger partial charge is 0.302 e. The fourth-order valence-electron chi connectivity index (χ4n) is 2.17. The summed E-state index contributed by atoms with van der Waals surface area (Å²) in [5, 5.41) is 8.66. The summed E-state index contributed by atoms with van der Waals surface area (Å²) in [7, 11) is -3.57. The lowest BCUT2D eigenvalue weighted by Gasteiger charge is -2.20. The Hall–Kier alpha value is -1.62. The highest BCUT2D eigenvalue weighted by Gasteiger charge is 2.23. The minimum absolute atomic E-state index is 0.240. The Balaban J connectivity index is 2.12. The number of hydrogen-bond donors (Lipinski definition) is 2. The van der Waals surface area contributed by atoms with Gasteiger partial charge in [-0.15, -0.1) is 0 Å². The van der Waals surface area contributed by atoms with Crippen molar-refractivity contribution in [3.05, 3.63) is 23.9 Å². The van der Waals surface area contributed by atoms with Crippen LogP contribution in [0.15, 0.2) is 18.2 Å². The Labute approximate surface area is 125 Å². The van der Waals surface area contributed by atoms with Crippen LogP contribution in [0, 0.1) is 11.8 Å². The number of aliphatic hydroxyl groups is 1. The predicted molar refractivity (Wildman–Crippen MR) is 80.8 cm³/mol. The van der Waals surface area contributed by atoms with Gasteiger partial charge in [-0.2, -0.15) is 12.7 Å². The van der Waals surface area contributed by atoms with E-state index in [4.69, 9.17) is 5.11 Å². The Bertz CT molecular complexity index is 626. The van der Waals surface area contributed by atoms with Crippen molar-refractivity contribution in [2.45, 2.75) is 25.7 Å². The number of pyridine rings is 1. The molecule has 114 valence electrons. The predicted octanol–water partition coefficient (Wildman–Crippen LogP) is 0.958. The molecule has 2 heterocycles. The van der Waals surface area contributed by atoms with Crippen LogP contribution in [0.3, 0.4) is 0 Å². The van der Waals surface area contributed by atoms with E-state index in [0.717, 1.165) is 25.7 Å². The van der Waals surface area contributed by atoms with Gasteiger partial charge in [0.25, 0.3) is 0 Å². The Morgan fingerprint density at radius 1 is 1.24 bits per heavy atom. The lowest BCUT2D eigenvalue weighted by Crippen LogP contribution is -2.36. The number of rotatable bonds is 3. The van der Waals surface area contributed by atoms with E-state index >= 15 is 0 Å². The van der Waals surface area contributed by atoms with Crippen LogP contribution in [0.25, 0.3) is 0 Å². The molecule has 0 unspecified atom stereocenters. The third-order valence-corrected chi connectivity index (χ3v) is 4.70. The molecule has 0 aliphatic carbocycles. The fraction of sp³-hybridized carbons (Fsp3) is 0.500. The van der Waals surface area contributed by atoms with Crippen molar-refractivity contribution in [2.75, 3.05) is 24.4 Å². The van der Waals surface area contributed by atoms with Crippen LogP contribution in [0.5, 0.6) is 0 Å². The van der Waals surface area contributed by atoms with Crippen molar-refractivity contribution < 1.29 is 13.5 Å². The average Bonchev–Trinajstić information content (AvgIpc) is 2.74. The molecule has 0 amide bonds. The van der Waals surface area contributed by atoms with Crippen molar-refractivity contribution in [2.24, 2.45) is 0 Å². The summed E-state index contributed by atoms with van der Waals surface area (Å²) in [5.74, 6) is 5.37. The molecule has 2 rings (SSSR count). The number of hydrogen-bond acceptors (Lipinski definition) is 4. The van der Waals surface area contributed by atoms with Gasteiger partial charge in [-0.1, -0.05) is 24.8 Å². The van der Waals surface area contributed by atoms with Gasteiger partial charge in [0.15, 0.2) is 0 Å². The minimum atomic E-state index is -3.57. The fourth-order valence-corrected chi connectivity index (χ4v) is 3.42. The highest BCUT2D eigenvalue weighted by molar-refractivity contribution is 7.90. The van der Waals surface area contributed by atoms with Gasteiger partial charge >= 0.3 is 10.2 Å². The van der Waals surface area contributed by atoms with Crippen LogP contribution < -0.4 is 4.72 Å². The summed E-state index contributed by atoms with van der Waals surface area (Å²) < 4.78 is 28.6. The van der Waals surface area contributed by atoms with Crippen LogP contribution >= 0.6 is 0 Å². The third-order valence-electron chi connectivity index (χ3n) is 3.18. The molecule has 0 aromatic carbocycles. The van der Waals surface area contributed by atoms with Crippen LogP contribution in [0.1, 0.15) is 31.4 Å². The van der Waals surface area contributed by atoms with Gasteiger partial charge < -0.3 is 5.11 Å². The maximum Gasteiger partial charge on any atom is 0.302 e. The molecule has 1 aromatic rings. The van der Waals surface area contributed by atoms with Crippen molar-refractivity contribution >= 4 is 16.0 Å². The lowest BCUT2D eigenvalue weighted by atomic mass is 10.2. The summed E-state index contributed by atoms with van der Waals surface area (Å²) in [6.07, 6.45) is 3.90. The van der Waals surface area contributed by atoms with E-state index in [1.807, 2.05) is 0 Å². The highest BCUT2D eigenvalue weighted by atomic mass is 32.2. The van der Waals surface area contributed by atoms with E-state index in [1.54, 1.807) is 18.2 Å². The third kappa shape index (κ3) is 4.70. The first-order valence-electron chi connectivity index (χ1n) is 6.96. The van der Waals surface area contributed by atoms with Gasteiger partial charge in [0.1, 0.15) is 18.1 Å². The van der Waals surface area contributed by atoms with Crippen molar-refractivity contribution in [1.82, 2.24) is 9.29 Å². The molecule has 0 radical (unpaired) electrons. The second-order valence-electron chi connectivity index (χ2n) is 4.79. The quantitative estimate of drug-likeness (QED) is 0.815. The first kappa shape index (κ1) is 15.8. The van der Waals surface area contributed by atoms with Gasteiger partial charge in [0.05, 0.1) is 0 Å².